The number of para-hydroxylation sites is 1. The number of benzene rings is 2. The lowest BCUT2D eigenvalue weighted by atomic mass is 10.3. The first-order valence-corrected chi connectivity index (χ1v) is 12.7. The van der Waals surface area contributed by atoms with E-state index in [2.05, 4.69) is 9.98 Å². The van der Waals surface area contributed by atoms with Crippen molar-refractivity contribution in [3.05, 3.63) is 52.3 Å². The highest BCUT2D eigenvalue weighted by molar-refractivity contribution is 7.90. The molecular weight excluding hydrogens is 458 g/mol. The average Bonchev–Trinajstić information content (AvgIpc) is 3.29. The van der Waals surface area contributed by atoms with Gasteiger partial charge in [0.05, 0.1) is 31.9 Å². The molecule has 1 amide bonds. The summed E-state index contributed by atoms with van der Waals surface area (Å²) in [6.45, 7) is 1.77. The van der Waals surface area contributed by atoms with E-state index in [1.54, 1.807) is 17.6 Å². The van der Waals surface area contributed by atoms with Crippen LogP contribution in [0.5, 0.6) is 0 Å². The molecule has 8 nitrogen and oxygen atoms in total. The Kier molecular flexibility index (Phi) is 5.73. The molecule has 4 rings (SSSR count). The summed E-state index contributed by atoms with van der Waals surface area (Å²) in [5.41, 5.74) is 1.29. The fourth-order valence-corrected chi connectivity index (χ4v) is 5.60. The van der Waals surface area contributed by atoms with E-state index in [0.29, 0.717) is 15.7 Å². The molecular formula is C20H17N3O5S3. The minimum absolute atomic E-state index is 0.147. The van der Waals surface area contributed by atoms with Gasteiger partial charge in [-0.05, 0) is 37.3 Å². The molecule has 0 aliphatic carbocycles. The fourth-order valence-electron chi connectivity index (χ4n) is 2.96. The van der Waals surface area contributed by atoms with E-state index < -0.39 is 21.7 Å². The van der Waals surface area contributed by atoms with E-state index in [1.165, 1.54) is 23.5 Å². The number of esters is 1. The van der Waals surface area contributed by atoms with Crippen molar-refractivity contribution in [3.8, 4) is 0 Å². The van der Waals surface area contributed by atoms with Gasteiger partial charge in [0.25, 0.3) is 0 Å². The van der Waals surface area contributed by atoms with E-state index >= 15 is 0 Å². The first-order chi connectivity index (χ1) is 14.8. The van der Waals surface area contributed by atoms with Crippen LogP contribution in [-0.4, -0.2) is 42.7 Å². The second-order valence-electron chi connectivity index (χ2n) is 6.58. The Balaban J connectivity index is 1.85. The topological polar surface area (TPSA) is 108 Å². The van der Waals surface area contributed by atoms with Gasteiger partial charge < -0.3 is 9.30 Å². The van der Waals surface area contributed by atoms with Crippen LogP contribution in [0.15, 0.2) is 52.4 Å². The first kappa shape index (κ1) is 21.3. The number of hydrogen-bond donors (Lipinski definition) is 0. The van der Waals surface area contributed by atoms with Gasteiger partial charge in [0.2, 0.25) is 0 Å². The lowest BCUT2D eigenvalue weighted by molar-refractivity contribution is -0.143. The van der Waals surface area contributed by atoms with Crippen LogP contribution in [0.1, 0.15) is 16.7 Å². The highest BCUT2D eigenvalue weighted by Crippen LogP contribution is 2.24. The van der Waals surface area contributed by atoms with Crippen LogP contribution in [0.25, 0.3) is 20.4 Å². The van der Waals surface area contributed by atoms with Gasteiger partial charge in [-0.1, -0.05) is 23.5 Å². The number of hydrogen-bond acceptors (Lipinski definition) is 8. The molecule has 0 radical (unpaired) electrons. The third-order valence-electron chi connectivity index (χ3n) is 4.35. The van der Waals surface area contributed by atoms with Crippen LogP contribution < -0.4 is 4.80 Å². The summed E-state index contributed by atoms with van der Waals surface area (Å²) in [7, 11) is -3.41. The monoisotopic (exact) mass is 475 g/mol. The van der Waals surface area contributed by atoms with Gasteiger partial charge in [0, 0.05) is 6.26 Å². The molecule has 0 fully saturated rings. The predicted octanol–water partition coefficient (Wildman–Crippen LogP) is 3.02. The zero-order valence-corrected chi connectivity index (χ0v) is 19.0. The van der Waals surface area contributed by atoms with Crippen LogP contribution >= 0.6 is 22.7 Å². The van der Waals surface area contributed by atoms with Gasteiger partial charge in [0.1, 0.15) is 6.54 Å². The van der Waals surface area contributed by atoms with Gasteiger partial charge in [-0.15, -0.1) is 11.3 Å². The van der Waals surface area contributed by atoms with Gasteiger partial charge in [-0.2, -0.15) is 4.99 Å². The molecule has 2 aromatic carbocycles. The number of ether oxygens (including phenoxy) is 1. The summed E-state index contributed by atoms with van der Waals surface area (Å²) < 4.78 is 31.9. The summed E-state index contributed by atoms with van der Waals surface area (Å²) in [5.74, 6) is -1.02. The minimum Gasteiger partial charge on any atom is -0.465 e. The minimum atomic E-state index is -3.41. The maximum Gasteiger partial charge on any atom is 0.326 e. The molecule has 11 heteroatoms. The number of aromatic nitrogens is 2. The van der Waals surface area contributed by atoms with Gasteiger partial charge in [-0.25, -0.2) is 13.4 Å². The number of sulfone groups is 1. The molecule has 0 atom stereocenters. The van der Waals surface area contributed by atoms with Crippen LogP contribution in [-0.2, 0) is 25.9 Å². The quantitative estimate of drug-likeness (QED) is 0.411. The van der Waals surface area contributed by atoms with Crippen molar-refractivity contribution in [3.63, 3.8) is 0 Å². The Bertz CT molecular complexity index is 1460. The summed E-state index contributed by atoms with van der Waals surface area (Å²) in [6.07, 6.45) is 1.12. The summed E-state index contributed by atoms with van der Waals surface area (Å²) in [6, 6.07) is 12.0. The van der Waals surface area contributed by atoms with Crippen LogP contribution in [0, 0.1) is 0 Å². The highest BCUT2D eigenvalue weighted by Gasteiger charge is 2.17. The van der Waals surface area contributed by atoms with Crippen molar-refractivity contribution in [2.75, 3.05) is 12.9 Å². The molecule has 0 aliphatic rings. The molecule has 31 heavy (non-hydrogen) atoms. The lowest BCUT2D eigenvalue weighted by Crippen LogP contribution is -2.23. The zero-order valence-electron chi connectivity index (χ0n) is 16.6. The molecule has 2 heterocycles. The van der Waals surface area contributed by atoms with Crippen molar-refractivity contribution in [2.24, 2.45) is 4.99 Å². The molecule has 0 aliphatic heterocycles. The maximum absolute atomic E-state index is 12.8. The summed E-state index contributed by atoms with van der Waals surface area (Å²) >= 11 is 2.36. The molecule has 0 saturated heterocycles. The highest BCUT2D eigenvalue weighted by atomic mass is 32.2. The molecule has 4 aromatic rings. The van der Waals surface area contributed by atoms with E-state index in [0.717, 1.165) is 22.3 Å². The van der Waals surface area contributed by atoms with E-state index in [9.17, 15) is 18.0 Å². The van der Waals surface area contributed by atoms with E-state index in [1.807, 2.05) is 24.3 Å². The Labute approximate surface area is 185 Å². The third-order valence-corrected chi connectivity index (χ3v) is 7.52. The molecule has 0 N–H and O–H groups in total. The van der Waals surface area contributed by atoms with Crippen molar-refractivity contribution >= 4 is 64.8 Å². The van der Waals surface area contributed by atoms with E-state index in [-0.39, 0.29) is 27.9 Å². The second-order valence-corrected chi connectivity index (χ2v) is 10.6. The number of carbonyl (C=O) groups excluding carboxylic acids is 2. The van der Waals surface area contributed by atoms with Crippen molar-refractivity contribution in [2.45, 2.75) is 18.4 Å². The number of thiazole rings is 2. The lowest BCUT2D eigenvalue weighted by Gasteiger charge is -2.05. The molecule has 0 spiro atoms. The predicted molar refractivity (Wildman–Crippen MR) is 119 cm³/mol. The first-order valence-electron chi connectivity index (χ1n) is 9.20. The SMILES string of the molecule is CCOC(=O)Cn1c(=NC(=O)c2nc3ccccc3s2)sc2cc(S(C)(=O)=O)ccc21. The standard InChI is InChI=1S/C20H17N3O5S3/c1-3-28-17(24)11-23-14-9-8-12(31(2,26)27)10-16(14)30-20(23)22-18(25)19-21-13-6-4-5-7-15(13)29-19/h4-10H,3,11H2,1-2H3. The Hall–Kier alpha value is -2.89. The smallest absolute Gasteiger partial charge is 0.326 e. The third kappa shape index (κ3) is 4.43. The maximum atomic E-state index is 12.8. The number of rotatable bonds is 5. The number of carbonyl (C=O) groups is 2. The number of fused-ring (bicyclic) bond motifs is 2. The Morgan fingerprint density at radius 2 is 1.90 bits per heavy atom. The Morgan fingerprint density at radius 3 is 2.61 bits per heavy atom. The Morgan fingerprint density at radius 1 is 1.13 bits per heavy atom. The van der Waals surface area contributed by atoms with Crippen molar-refractivity contribution in [1.82, 2.24) is 9.55 Å². The largest absolute Gasteiger partial charge is 0.465 e. The molecule has 0 unspecified atom stereocenters. The second kappa shape index (κ2) is 8.33. The zero-order chi connectivity index (χ0) is 22.2. The van der Waals surface area contributed by atoms with Gasteiger partial charge in [-0.3, -0.25) is 9.59 Å². The van der Waals surface area contributed by atoms with Gasteiger partial charge >= 0.3 is 11.9 Å². The van der Waals surface area contributed by atoms with Crippen LogP contribution in [0.2, 0.25) is 0 Å². The summed E-state index contributed by atoms with van der Waals surface area (Å²) in [4.78, 5) is 33.9. The molecule has 2 aromatic heterocycles. The average molecular weight is 476 g/mol. The molecule has 0 saturated carbocycles. The summed E-state index contributed by atoms with van der Waals surface area (Å²) in [5, 5.41) is 0.234. The normalized spacial score (nSPS) is 12.5. The van der Waals surface area contributed by atoms with Crippen LogP contribution in [0.4, 0.5) is 0 Å². The van der Waals surface area contributed by atoms with E-state index in [4.69, 9.17) is 4.74 Å². The van der Waals surface area contributed by atoms with Gasteiger partial charge in [0.15, 0.2) is 19.6 Å². The van der Waals surface area contributed by atoms with Crippen molar-refractivity contribution in [1.29, 1.82) is 0 Å². The molecule has 0 bridgehead atoms. The number of amides is 1. The van der Waals surface area contributed by atoms with Crippen molar-refractivity contribution < 1.29 is 22.7 Å². The fraction of sp³-hybridized carbons (Fsp3) is 0.200. The molecule has 160 valence electrons. The van der Waals surface area contributed by atoms with Crippen LogP contribution in [0.3, 0.4) is 0 Å². The number of nitrogens with zero attached hydrogens (tertiary/aromatic N) is 3.